The summed E-state index contributed by atoms with van der Waals surface area (Å²) in [5.74, 6) is -1.46. The Labute approximate surface area is 232 Å². The van der Waals surface area contributed by atoms with Crippen LogP contribution in [0.3, 0.4) is 0 Å². The molecule has 2 atom stereocenters. The second-order valence-corrected chi connectivity index (χ2v) is 11.4. The highest BCUT2D eigenvalue weighted by molar-refractivity contribution is 8.00. The molecule has 10 heteroatoms. The summed E-state index contributed by atoms with van der Waals surface area (Å²) in [6.45, 7) is 1.94. The van der Waals surface area contributed by atoms with E-state index < -0.39 is 23.5 Å². The Morgan fingerprint density at radius 2 is 1.87 bits per heavy atom. The van der Waals surface area contributed by atoms with Crippen LogP contribution in [-0.2, 0) is 21.8 Å². The second-order valence-electron chi connectivity index (χ2n) is 9.27. The molecule has 0 radical (unpaired) electrons. The van der Waals surface area contributed by atoms with Crippen molar-refractivity contribution < 1.29 is 23.8 Å². The number of ketones is 1. The predicted octanol–water partition coefficient (Wildman–Crippen LogP) is 5.92. The van der Waals surface area contributed by atoms with Crippen LogP contribution in [0, 0.1) is 5.82 Å². The molecule has 6 rings (SSSR count). The van der Waals surface area contributed by atoms with Crippen molar-refractivity contribution in [3.05, 3.63) is 106 Å². The lowest BCUT2D eigenvalue weighted by atomic mass is 9.94. The van der Waals surface area contributed by atoms with Crippen molar-refractivity contribution in [1.82, 2.24) is 10.2 Å². The lowest BCUT2D eigenvalue weighted by Gasteiger charge is -2.22. The van der Waals surface area contributed by atoms with E-state index in [0.29, 0.717) is 27.8 Å². The fourth-order valence-corrected chi connectivity index (χ4v) is 6.65. The molecule has 1 fully saturated rings. The molecule has 0 spiro atoms. The zero-order chi connectivity index (χ0) is 27.1. The molecule has 1 aromatic heterocycles. The number of Topliss-reactive ketones (excluding diaryl/α,β-unsaturated/α-hetero) is 1. The van der Waals surface area contributed by atoms with Gasteiger partial charge in [0.05, 0.1) is 5.57 Å². The first-order valence-electron chi connectivity index (χ1n) is 12.3. The number of halogens is 1. The zero-order valence-electron chi connectivity index (χ0n) is 20.7. The van der Waals surface area contributed by atoms with Gasteiger partial charge < -0.3 is 9.84 Å². The maximum absolute atomic E-state index is 15.2. The molecule has 0 bridgehead atoms. The first-order chi connectivity index (χ1) is 18.9. The summed E-state index contributed by atoms with van der Waals surface area (Å²) in [6.07, 6.45) is 0.642. The van der Waals surface area contributed by atoms with Crippen molar-refractivity contribution in [2.45, 2.75) is 35.6 Å². The molecular formula is C29H22FN3O4S2. The van der Waals surface area contributed by atoms with Crippen LogP contribution in [0.25, 0.3) is 5.76 Å². The number of aliphatic hydroxyl groups excluding tert-OH is 1. The molecule has 39 heavy (non-hydrogen) atoms. The molecule has 2 aliphatic rings. The molecule has 1 N–H and O–H groups in total. The molecule has 196 valence electrons. The van der Waals surface area contributed by atoms with Crippen LogP contribution >= 0.6 is 23.1 Å². The topological polar surface area (TPSA) is 92.6 Å². The van der Waals surface area contributed by atoms with Gasteiger partial charge in [-0.3, -0.25) is 14.5 Å². The number of aliphatic hydroxyl groups is 1. The lowest BCUT2D eigenvalue weighted by Crippen LogP contribution is -2.29. The van der Waals surface area contributed by atoms with Gasteiger partial charge in [0, 0.05) is 23.3 Å². The molecule has 3 aromatic carbocycles. The number of carbonyl (C=O) groups is 2. The number of benzene rings is 3. The van der Waals surface area contributed by atoms with Crippen molar-refractivity contribution in [1.29, 1.82) is 0 Å². The summed E-state index contributed by atoms with van der Waals surface area (Å²) >= 11 is 2.58. The number of amides is 1. The van der Waals surface area contributed by atoms with Crippen molar-refractivity contribution in [2.24, 2.45) is 0 Å². The first kappa shape index (κ1) is 25.3. The zero-order valence-corrected chi connectivity index (χ0v) is 22.3. The van der Waals surface area contributed by atoms with Gasteiger partial charge in [0.1, 0.15) is 29.5 Å². The fraction of sp³-hybridized carbons (Fsp3) is 0.172. The van der Waals surface area contributed by atoms with E-state index in [4.69, 9.17) is 4.74 Å². The second kappa shape index (κ2) is 10.3. The minimum Gasteiger partial charge on any atom is -0.507 e. The Morgan fingerprint density at radius 1 is 1.10 bits per heavy atom. The van der Waals surface area contributed by atoms with E-state index >= 15 is 4.39 Å². The number of rotatable bonds is 6. The minimum atomic E-state index is -1.21. The van der Waals surface area contributed by atoms with E-state index in [1.807, 2.05) is 37.3 Å². The highest BCUT2D eigenvalue weighted by Crippen LogP contribution is 2.45. The number of hydrogen-bond acceptors (Lipinski definition) is 8. The number of thioether (sulfide) groups is 1. The van der Waals surface area contributed by atoms with Crippen molar-refractivity contribution in [3.8, 4) is 5.75 Å². The van der Waals surface area contributed by atoms with Gasteiger partial charge in [0.25, 0.3) is 5.78 Å². The molecule has 0 unspecified atom stereocenters. The molecular weight excluding hydrogens is 537 g/mol. The Bertz CT molecular complexity index is 1620. The Kier molecular flexibility index (Phi) is 6.66. The van der Waals surface area contributed by atoms with Crippen LogP contribution in [0.15, 0.2) is 82.7 Å². The maximum atomic E-state index is 15.2. The van der Waals surface area contributed by atoms with E-state index in [1.165, 1.54) is 30.0 Å². The third-order valence-electron chi connectivity index (χ3n) is 6.62. The number of fused-ring (bicyclic) bond motifs is 1. The van der Waals surface area contributed by atoms with Gasteiger partial charge in [-0.1, -0.05) is 71.6 Å². The molecule has 1 amide bonds. The van der Waals surface area contributed by atoms with E-state index in [0.717, 1.165) is 27.4 Å². The molecule has 1 saturated heterocycles. The van der Waals surface area contributed by atoms with Gasteiger partial charge in [-0.05, 0) is 42.3 Å². The fourth-order valence-electron chi connectivity index (χ4n) is 4.82. The van der Waals surface area contributed by atoms with Gasteiger partial charge in [-0.25, -0.2) is 4.39 Å². The van der Waals surface area contributed by atoms with Crippen molar-refractivity contribution >= 4 is 45.7 Å². The quantitative estimate of drug-likeness (QED) is 0.103. The molecule has 4 aromatic rings. The van der Waals surface area contributed by atoms with E-state index in [1.54, 1.807) is 24.3 Å². The van der Waals surface area contributed by atoms with Crippen molar-refractivity contribution in [2.75, 3.05) is 4.90 Å². The normalized spacial score (nSPS) is 19.8. The highest BCUT2D eigenvalue weighted by Gasteiger charge is 2.49. The van der Waals surface area contributed by atoms with Crippen LogP contribution < -0.4 is 9.64 Å². The third-order valence-corrected chi connectivity index (χ3v) is 8.75. The van der Waals surface area contributed by atoms with Gasteiger partial charge >= 0.3 is 5.91 Å². The number of hydrogen-bond donors (Lipinski definition) is 1. The minimum absolute atomic E-state index is 0.00671. The molecule has 0 saturated carbocycles. The Hall–Kier alpha value is -4.02. The number of anilines is 1. The van der Waals surface area contributed by atoms with Crippen LogP contribution in [0.2, 0.25) is 0 Å². The molecule has 3 heterocycles. The molecule has 0 aliphatic carbocycles. The monoisotopic (exact) mass is 559 g/mol. The Morgan fingerprint density at radius 3 is 2.67 bits per heavy atom. The highest BCUT2D eigenvalue weighted by atomic mass is 32.2. The third kappa shape index (κ3) is 4.70. The summed E-state index contributed by atoms with van der Waals surface area (Å²) < 4.78 is 21.5. The standard InChI is InChI=1S/C29H22FN3O4S2/c1-16-13-19-14-18(11-12-22(19)37-16)25(34)23-24(20-9-5-6-10-21(20)30)33(27(36)26(23)35)28-31-32-29(39-28)38-15-17-7-3-2-4-8-17/h2-12,14,16,24,34H,13,15H2,1H3/b25-23+/t16-,24+/m1/s1. The summed E-state index contributed by atoms with van der Waals surface area (Å²) in [5, 5.41) is 19.9. The van der Waals surface area contributed by atoms with Crippen LogP contribution in [0.1, 0.15) is 35.2 Å². The summed E-state index contributed by atoms with van der Waals surface area (Å²) in [4.78, 5) is 27.9. The van der Waals surface area contributed by atoms with Gasteiger partial charge in [-0.15, -0.1) is 10.2 Å². The summed E-state index contributed by atoms with van der Waals surface area (Å²) in [7, 11) is 0. The average molecular weight is 560 g/mol. The average Bonchev–Trinajstić information content (AvgIpc) is 3.63. The van der Waals surface area contributed by atoms with Crippen molar-refractivity contribution in [3.63, 3.8) is 0 Å². The summed E-state index contributed by atoms with van der Waals surface area (Å²) in [6, 6.07) is 19.6. The van der Waals surface area contributed by atoms with Crippen LogP contribution in [0.5, 0.6) is 5.75 Å². The Balaban J connectivity index is 1.41. The smallest absolute Gasteiger partial charge is 0.301 e. The van der Waals surface area contributed by atoms with Gasteiger partial charge in [-0.2, -0.15) is 0 Å². The van der Waals surface area contributed by atoms with E-state index in [-0.39, 0.29) is 28.1 Å². The molecule has 7 nitrogen and oxygen atoms in total. The van der Waals surface area contributed by atoms with Gasteiger partial charge in [0.15, 0.2) is 4.34 Å². The largest absolute Gasteiger partial charge is 0.507 e. The van der Waals surface area contributed by atoms with E-state index in [2.05, 4.69) is 10.2 Å². The predicted molar refractivity (Wildman–Crippen MR) is 147 cm³/mol. The number of ether oxygens (including phenoxy) is 1. The van der Waals surface area contributed by atoms with Gasteiger partial charge in [0.2, 0.25) is 5.13 Å². The van der Waals surface area contributed by atoms with Crippen LogP contribution in [0.4, 0.5) is 9.52 Å². The summed E-state index contributed by atoms with van der Waals surface area (Å²) in [5.41, 5.74) is 2.20. The van der Waals surface area contributed by atoms with Crippen LogP contribution in [-0.4, -0.2) is 33.1 Å². The number of aromatic nitrogens is 2. The maximum Gasteiger partial charge on any atom is 0.301 e. The number of nitrogens with zero attached hydrogens (tertiary/aromatic N) is 3. The SMILES string of the molecule is C[C@@H]1Cc2cc(/C(O)=C3\C(=O)C(=O)N(c4nnc(SCc5ccccc5)s4)[C@H]3c3ccccc3F)ccc2O1. The first-order valence-corrected chi connectivity index (χ1v) is 14.1. The molecule has 2 aliphatic heterocycles. The lowest BCUT2D eigenvalue weighted by molar-refractivity contribution is -0.132. The van der Waals surface area contributed by atoms with E-state index in [9.17, 15) is 14.7 Å². The number of carbonyl (C=O) groups excluding carboxylic acids is 2.